The highest BCUT2D eigenvalue weighted by molar-refractivity contribution is 5.97. The number of carbonyl (C=O) groups excluding carboxylic acids is 2. The maximum atomic E-state index is 12.4. The van der Waals surface area contributed by atoms with Crippen LogP contribution in [-0.4, -0.2) is 31.6 Å². The molecule has 7 heteroatoms. The first-order valence-electron chi connectivity index (χ1n) is 9.25. The van der Waals surface area contributed by atoms with Crippen LogP contribution in [0.1, 0.15) is 47.3 Å². The number of nitrogens with two attached hydrogens (primary N) is 1. The van der Waals surface area contributed by atoms with E-state index in [0.29, 0.717) is 31.1 Å². The van der Waals surface area contributed by atoms with E-state index in [1.54, 1.807) is 29.2 Å². The number of anilines is 1. The van der Waals surface area contributed by atoms with Crippen LogP contribution in [0.2, 0.25) is 0 Å². The average Bonchev–Trinajstić information content (AvgIpc) is 3.12. The van der Waals surface area contributed by atoms with Crippen molar-refractivity contribution in [2.45, 2.75) is 25.8 Å². The van der Waals surface area contributed by atoms with Gasteiger partial charge in [0.15, 0.2) is 0 Å². The van der Waals surface area contributed by atoms with E-state index in [4.69, 9.17) is 5.73 Å². The monoisotopic (exact) mass is 402 g/mol. The average molecular weight is 403 g/mol. The number of amides is 3. The molecule has 6 nitrogen and oxygen atoms in total. The van der Waals surface area contributed by atoms with E-state index in [2.05, 4.69) is 36.6 Å². The predicted octanol–water partition coefficient (Wildman–Crippen LogP) is 3.19. The number of nitrogens with one attached hydrogen (secondary N) is 2. The molecule has 0 bridgehead atoms. The quantitative estimate of drug-likeness (QED) is 0.693. The number of hydrogen-bond donors (Lipinski definition) is 3. The second kappa shape index (κ2) is 9.57. The third-order valence-electron chi connectivity index (χ3n) is 4.81. The van der Waals surface area contributed by atoms with Gasteiger partial charge in [0.1, 0.15) is 0 Å². The van der Waals surface area contributed by atoms with Gasteiger partial charge in [-0.05, 0) is 41.3 Å². The molecule has 150 valence electrons. The highest BCUT2D eigenvalue weighted by Crippen LogP contribution is 2.19. The van der Waals surface area contributed by atoms with Gasteiger partial charge in [0.25, 0.3) is 5.91 Å². The molecule has 3 amide bonds. The van der Waals surface area contributed by atoms with Crippen molar-refractivity contribution in [3.05, 3.63) is 65.2 Å². The van der Waals surface area contributed by atoms with Crippen molar-refractivity contribution in [2.75, 3.05) is 24.5 Å². The first-order valence-corrected chi connectivity index (χ1v) is 9.25. The Morgan fingerprint density at radius 1 is 1.11 bits per heavy atom. The Balaban J connectivity index is 0.00000280. The summed E-state index contributed by atoms with van der Waals surface area (Å²) in [6.07, 6.45) is 0. The number of carbonyl (C=O) groups is 2. The van der Waals surface area contributed by atoms with E-state index >= 15 is 0 Å². The second-order valence-corrected chi connectivity index (χ2v) is 7.07. The van der Waals surface area contributed by atoms with Crippen LogP contribution in [0.5, 0.6) is 0 Å². The van der Waals surface area contributed by atoms with Crippen LogP contribution in [-0.2, 0) is 0 Å². The van der Waals surface area contributed by atoms with Crippen molar-refractivity contribution in [1.29, 1.82) is 0 Å². The van der Waals surface area contributed by atoms with Crippen LogP contribution in [0.3, 0.4) is 0 Å². The Hall–Kier alpha value is -2.57. The Bertz CT molecular complexity index is 806. The topological polar surface area (TPSA) is 87.5 Å². The number of hydrogen-bond acceptors (Lipinski definition) is 3. The molecule has 3 rings (SSSR count). The standard InChI is InChI=1S/C21H26N4O2.ClH/c1-14(2)15-3-5-16(6-4-15)19(22)13-24-20(26)17-7-9-18(10-8-17)25-12-11-23-21(25)27;/h3-10,14,19H,11-13,22H2,1-2H3,(H,23,27)(H,24,26);1H. The number of rotatable bonds is 6. The highest BCUT2D eigenvalue weighted by atomic mass is 35.5. The van der Waals surface area contributed by atoms with Crippen LogP contribution in [0.15, 0.2) is 48.5 Å². The summed E-state index contributed by atoms with van der Waals surface area (Å²) in [7, 11) is 0. The molecule has 1 unspecified atom stereocenters. The summed E-state index contributed by atoms with van der Waals surface area (Å²) in [5.41, 5.74) is 9.79. The Labute approximate surface area is 171 Å². The van der Waals surface area contributed by atoms with Crippen molar-refractivity contribution in [3.63, 3.8) is 0 Å². The van der Waals surface area contributed by atoms with Crippen molar-refractivity contribution in [1.82, 2.24) is 10.6 Å². The molecule has 1 fully saturated rings. The molecule has 1 aliphatic rings. The Morgan fingerprint density at radius 2 is 1.71 bits per heavy atom. The number of nitrogens with zero attached hydrogens (tertiary/aromatic N) is 1. The minimum Gasteiger partial charge on any atom is -0.350 e. The smallest absolute Gasteiger partial charge is 0.321 e. The largest absolute Gasteiger partial charge is 0.350 e. The number of benzene rings is 2. The van der Waals surface area contributed by atoms with Crippen molar-refractivity contribution in [2.24, 2.45) is 5.73 Å². The lowest BCUT2D eigenvalue weighted by atomic mass is 9.99. The number of urea groups is 1. The SMILES string of the molecule is CC(C)c1ccc(C(N)CNC(=O)c2ccc(N3CCNC3=O)cc2)cc1.Cl. The summed E-state index contributed by atoms with van der Waals surface area (Å²) in [5, 5.41) is 5.63. The molecule has 0 aliphatic carbocycles. The van der Waals surface area contributed by atoms with Crippen molar-refractivity contribution < 1.29 is 9.59 Å². The summed E-state index contributed by atoms with van der Waals surface area (Å²) >= 11 is 0. The van der Waals surface area contributed by atoms with Gasteiger partial charge in [-0.25, -0.2) is 4.79 Å². The van der Waals surface area contributed by atoms with Gasteiger partial charge in [0.2, 0.25) is 0 Å². The van der Waals surface area contributed by atoms with E-state index in [0.717, 1.165) is 11.3 Å². The fourth-order valence-corrected chi connectivity index (χ4v) is 3.06. The molecule has 1 heterocycles. The third-order valence-corrected chi connectivity index (χ3v) is 4.81. The van der Waals surface area contributed by atoms with Crippen LogP contribution < -0.4 is 21.3 Å². The summed E-state index contributed by atoms with van der Waals surface area (Å²) in [6.45, 7) is 5.93. The van der Waals surface area contributed by atoms with E-state index in [-0.39, 0.29) is 30.4 Å². The van der Waals surface area contributed by atoms with Crippen LogP contribution >= 0.6 is 12.4 Å². The van der Waals surface area contributed by atoms with Gasteiger partial charge in [0, 0.05) is 36.9 Å². The van der Waals surface area contributed by atoms with Gasteiger partial charge in [-0.1, -0.05) is 38.1 Å². The van der Waals surface area contributed by atoms with Crippen LogP contribution in [0, 0.1) is 0 Å². The molecule has 1 aliphatic heterocycles. The van der Waals surface area contributed by atoms with E-state index in [1.807, 2.05) is 12.1 Å². The molecular formula is C21H27ClN4O2. The molecular weight excluding hydrogens is 376 g/mol. The van der Waals surface area contributed by atoms with Gasteiger partial charge >= 0.3 is 6.03 Å². The minimum absolute atomic E-state index is 0. The van der Waals surface area contributed by atoms with Crippen molar-refractivity contribution in [3.8, 4) is 0 Å². The van der Waals surface area contributed by atoms with E-state index in [9.17, 15) is 9.59 Å². The lowest BCUT2D eigenvalue weighted by molar-refractivity contribution is 0.0951. The second-order valence-electron chi connectivity index (χ2n) is 7.07. The molecule has 4 N–H and O–H groups in total. The molecule has 1 atom stereocenters. The zero-order valence-corrected chi connectivity index (χ0v) is 17.0. The summed E-state index contributed by atoms with van der Waals surface area (Å²) < 4.78 is 0. The zero-order valence-electron chi connectivity index (χ0n) is 16.1. The summed E-state index contributed by atoms with van der Waals surface area (Å²) in [5.74, 6) is 0.297. The molecule has 0 radical (unpaired) electrons. The van der Waals surface area contributed by atoms with Gasteiger partial charge < -0.3 is 16.4 Å². The van der Waals surface area contributed by atoms with Gasteiger partial charge in [0.05, 0.1) is 0 Å². The fourth-order valence-electron chi connectivity index (χ4n) is 3.06. The number of halogens is 1. The predicted molar refractivity (Wildman–Crippen MR) is 114 cm³/mol. The normalized spacial score (nSPS) is 14.4. The molecule has 2 aromatic rings. The summed E-state index contributed by atoms with van der Waals surface area (Å²) in [4.78, 5) is 25.7. The third kappa shape index (κ3) is 5.03. The maximum Gasteiger partial charge on any atom is 0.321 e. The van der Waals surface area contributed by atoms with E-state index in [1.165, 1.54) is 5.56 Å². The van der Waals surface area contributed by atoms with E-state index < -0.39 is 0 Å². The maximum absolute atomic E-state index is 12.4. The van der Waals surface area contributed by atoms with Gasteiger partial charge in [-0.2, -0.15) is 0 Å². The lowest BCUT2D eigenvalue weighted by Crippen LogP contribution is -2.32. The molecule has 0 saturated carbocycles. The van der Waals surface area contributed by atoms with Gasteiger partial charge in [-0.3, -0.25) is 9.69 Å². The Kier molecular flexibility index (Phi) is 7.43. The van der Waals surface area contributed by atoms with Crippen LogP contribution in [0.4, 0.5) is 10.5 Å². The molecule has 0 aromatic heterocycles. The fraction of sp³-hybridized carbons (Fsp3) is 0.333. The first kappa shape index (κ1) is 21.7. The van der Waals surface area contributed by atoms with Gasteiger partial charge in [-0.15, -0.1) is 12.4 Å². The highest BCUT2D eigenvalue weighted by Gasteiger charge is 2.21. The summed E-state index contributed by atoms with van der Waals surface area (Å²) in [6, 6.07) is 14.8. The lowest BCUT2D eigenvalue weighted by Gasteiger charge is -2.16. The van der Waals surface area contributed by atoms with Crippen LogP contribution in [0.25, 0.3) is 0 Å². The minimum atomic E-state index is -0.261. The molecule has 2 aromatic carbocycles. The molecule has 1 saturated heterocycles. The van der Waals surface area contributed by atoms with Crippen molar-refractivity contribution >= 4 is 30.0 Å². The zero-order chi connectivity index (χ0) is 19.4. The molecule has 28 heavy (non-hydrogen) atoms. The Morgan fingerprint density at radius 3 is 2.25 bits per heavy atom. The molecule has 0 spiro atoms. The first-order chi connectivity index (χ1) is 13.0.